The molecule has 1 aliphatic heterocycles. The molecule has 0 bridgehead atoms. The largest absolute Gasteiger partial charge is 0.492 e. The summed E-state index contributed by atoms with van der Waals surface area (Å²) in [4.78, 5) is 33.8. The standard InChI is InChI=1S/C28H29FN4O6/c1-4-7-17-16-33(28(35)36)27(34)22-23(17)32-24(25(22)31-20-9-6-8-19(29)26(20)37-3)18-10-11-30-15-21(18)39-14-13-38-12-5-2/h4-6,8-11,15,17,31-32H,1-2,7,12-14,16H2,3H3,(H,35,36). The molecule has 2 aromatic heterocycles. The summed E-state index contributed by atoms with van der Waals surface area (Å²) in [6.45, 7) is 8.26. The number of amides is 2. The third kappa shape index (κ3) is 5.63. The molecule has 1 aliphatic rings. The Morgan fingerprint density at radius 3 is 2.85 bits per heavy atom. The smallest absolute Gasteiger partial charge is 0.414 e. The van der Waals surface area contributed by atoms with E-state index < -0.39 is 17.8 Å². The lowest BCUT2D eigenvalue weighted by atomic mass is 9.92. The van der Waals surface area contributed by atoms with Gasteiger partial charge in [0, 0.05) is 29.9 Å². The number of ether oxygens (including phenoxy) is 3. The molecule has 10 nitrogen and oxygen atoms in total. The topological polar surface area (TPSA) is 126 Å². The molecule has 39 heavy (non-hydrogen) atoms. The normalized spacial score (nSPS) is 14.5. The van der Waals surface area contributed by atoms with Crippen LogP contribution < -0.4 is 14.8 Å². The van der Waals surface area contributed by atoms with E-state index in [1.807, 2.05) is 0 Å². The van der Waals surface area contributed by atoms with Crippen LogP contribution in [-0.2, 0) is 4.74 Å². The van der Waals surface area contributed by atoms with Crippen molar-refractivity contribution in [3.63, 3.8) is 0 Å². The Balaban J connectivity index is 1.88. The number of rotatable bonds is 12. The number of hydrogen-bond donors (Lipinski definition) is 3. The number of nitrogens with zero attached hydrogens (tertiary/aromatic N) is 2. The summed E-state index contributed by atoms with van der Waals surface area (Å²) in [6, 6.07) is 6.04. The van der Waals surface area contributed by atoms with E-state index in [0.29, 0.717) is 42.3 Å². The molecule has 0 radical (unpaired) electrons. The van der Waals surface area contributed by atoms with Crippen molar-refractivity contribution in [1.29, 1.82) is 0 Å². The molecule has 3 N–H and O–H groups in total. The number of benzene rings is 1. The van der Waals surface area contributed by atoms with Crippen LogP contribution in [0.2, 0.25) is 0 Å². The monoisotopic (exact) mass is 536 g/mol. The van der Waals surface area contributed by atoms with E-state index in [1.54, 1.807) is 30.5 Å². The Kier molecular flexibility index (Phi) is 8.62. The molecule has 1 atom stereocenters. The maximum Gasteiger partial charge on any atom is 0.414 e. The van der Waals surface area contributed by atoms with Gasteiger partial charge >= 0.3 is 6.09 Å². The average Bonchev–Trinajstić information content (AvgIpc) is 3.30. The van der Waals surface area contributed by atoms with Crippen molar-refractivity contribution in [2.24, 2.45) is 0 Å². The fourth-order valence-electron chi connectivity index (χ4n) is 4.49. The zero-order valence-electron chi connectivity index (χ0n) is 21.4. The van der Waals surface area contributed by atoms with Gasteiger partial charge in [0.05, 0.1) is 49.2 Å². The summed E-state index contributed by atoms with van der Waals surface area (Å²) in [6.07, 6.45) is 5.43. The lowest BCUT2D eigenvalue weighted by Crippen LogP contribution is -2.43. The molecule has 0 fully saturated rings. The SMILES string of the molecule is C=CCOCCOc1cnccc1-c1[nH]c2c(c1Nc1cccc(F)c1OC)C(=O)N(C(=O)O)CC2CC=C. The van der Waals surface area contributed by atoms with Crippen molar-refractivity contribution < 1.29 is 33.3 Å². The van der Waals surface area contributed by atoms with E-state index in [4.69, 9.17) is 14.2 Å². The van der Waals surface area contributed by atoms with Gasteiger partial charge in [-0.3, -0.25) is 9.78 Å². The fraction of sp³-hybridized carbons (Fsp3) is 0.250. The minimum absolute atomic E-state index is 0.0454. The van der Waals surface area contributed by atoms with Crippen LogP contribution in [0, 0.1) is 5.82 Å². The minimum Gasteiger partial charge on any atom is -0.492 e. The number of nitrogens with one attached hydrogen (secondary N) is 2. The van der Waals surface area contributed by atoms with Crippen LogP contribution in [0.5, 0.6) is 11.5 Å². The van der Waals surface area contributed by atoms with Crippen LogP contribution in [0.25, 0.3) is 11.3 Å². The van der Waals surface area contributed by atoms with Gasteiger partial charge in [0.25, 0.3) is 5.91 Å². The number of H-pyrrole nitrogens is 1. The summed E-state index contributed by atoms with van der Waals surface area (Å²) < 4.78 is 31.2. The van der Waals surface area contributed by atoms with Crippen LogP contribution in [0.3, 0.4) is 0 Å². The summed E-state index contributed by atoms with van der Waals surface area (Å²) in [7, 11) is 1.33. The third-order valence-corrected chi connectivity index (χ3v) is 6.19. The summed E-state index contributed by atoms with van der Waals surface area (Å²) in [5.74, 6) is -1.37. The second kappa shape index (κ2) is 12.3. The van der Waals surface area contributed by atoms with Crippen molar-refractivity contribution in [2.45, 2.75) is 12.3 Å². The number of carbonyl (C=O) groups is 2. The van der Waals surface area contributed by atoms with Gasteiger partial charge in [-0.25, -0.2) is 14.1 Å². The minimum atomic E-state index is -1.37. The number of aromatic nitrogens is 2. The van der Waals surface area contributed by atoms with Gasteiger partial charge in [0.2, 0.25) is 0 Å². The van der Waals surface area contributed by atoms with E-state index in [-0.39, 0.29) is 41.8 Å². The van der Waals surface area contributed by atoms with Crippen LogP contribution in [-0.4, -0.2) is 65.5 Å². The maximum absolute atomic E-state index is 14.6. The molecule has 1 aromatic carbocycles. The molecular weight excluding hydrogens is 507 g/mol. The summed E-state index contributed by atoms with van der Waals surface area (Å²) >= 11 is 0. The molecule has 2 amide bonds. The second-order valence-electron chi connectivity index (χ2n) is 8.61. The number of pyridine rings is 1. The van der Waals surface area contributed by atoms with E-state index >= 15 is 0 Å². The van der Waals surface area contributed by atoms with Crippen molar-refractivity contribution >= 4 is 23.4 Å². The van der Waals surface area contributed by atoms with Crippen molar-refractivity contribution in [3.05, 3.63) is 79.0 Å². The summed E-state index contributed by atoms with van der Waals surface area (Å²) in [5.41, 5.74) is 2.13. The molecule has 204 valence electrons. The molecule has 0 saturated carbocycles. The first kappa shape index (κ1) is 27.4. The van der Waals surface area contributed by atoms with Gasteiger partial charge < -0.3 is 29.6 Å². The quantitative estimate of drug-likeness (QED) is 0.209. The zero-order valence-corrected chi connectivity index (χ0v) is 21.4. The number of imide groups is 1. The highest BCUT2D eigenvalue weighted by atomic mass is 19.1. The number of fused-ring (bicyclic) bond motifs is 1. The zero-order chi connectivity index (χ0) is 27.9. The van der Waals surface area contributed by atoms with E-state index in [2.05, 4.69) is 28.4 Å². The highest BCUT2D eigenvalue weighted by Crippen LogP contribution is 2.45. The van der Waals surface area contributed by atoms with Crippen molar-refractivity contribution in [3.8, 4) is 22.8 Å². The molecule has 4 rings (SSSR count). The summed E-state index contributed by atoms with van der Waals surface area (Å²) in [5, 5.41) is 12.9. The van der Waals surface area contributed by atoms with Crippen LogP contribution in [0.4, 0.5) is 20.6 Å². The molecule has 11 heteroatoms. The number of carbonyl (C=O) groups excluding carboxylic acids is 1. The van der Waals surface area contributed by atoms with E-state index in [1.165, 1.54) is 25.4 Å². The Labute approximate surface area is 224 Å². The van der Waals surface area contributed by atoms with E-state index in [0.717, 1.165) is 4.90 Å². The number of carboxylic acid groups (broad SMARTS) is 1. The van der Waals surface area contributed by atoms with Gasteiger partial charge in [-0.15, -0.1) is 13.2 Å². The Hall–Kier alpha value is -4.64. The van der Waals surface area contributed by atoms with Gasteiger partial charge in [0.1, 0.15) is 12.4 Å². The Morgan fingerprint density at radius 1 is 1.31 bits per heavy atom. The van der Waals surface area contributed by atoms with E-state index in [9.17, 15) is 19.1 Å². The molecule has 1 unspecified atom stereocenters. The number of anilines is 2. The number of aromatic amines is 1. The molecule has 0 saturated heterocycles. The third-order valence-electron chi connectivity index (χ3n) is 6.19. The maximum atomic E-state index is 14.6. The number of allylic oxidation sites excluding steroid dienone is 1. The van der Waals surface area contributed by atoms with Crippen LogP contribution >= 0.6 is 0 Å². The first-order chi connectivity index (χ1) is 18.9. The molecule has 3 heterocycles. The highest BCUT2D eigenvalue weighted by Gasteiger charge is 2.40. The van der Waals surface area contributed by atoms with Crippen LogP contribution in [0.1, 0.15) is 28.4 Å². The average molecular weight is 537 g/mol. The Bertz CT molecular complexity index is 1390. The molecular formula is C28H29FN4O6. The van der Waals surface area contributed by atoms with Gasteiger partial charge in [-0.1, -0.05) is 18.2 Å². The molecule has 0 aliphatic carbocycles. The highest BCUT2D eigenvalue weighted by molar-refractivity contribution is 6.11. The van der Waals surface area contributed by atoms with Crippen LogP contribution in [0.15, 0.2) is 62.0 Å². The lowest BCUT2D eigenvalue weighted by molar-refractivity contribution is 0.0709. The predicted octanol–water partition coefficient (Wildman–Crippen LogP) is 5.34. The Morgan fingerprint density at radius 2 is 2.13 bits per heavy atom. The lowest BCUT2D eigenvalue weighted by Gasteiger charge is -2.29. The predicted molar refractivity (Wildman–Crippen MR) is 143 cm³/mol. The number of halogens is 1. The first-order valence-corrected chi connectivity index (χ1v) is 12.2. The first-order valence-electron chi connectivity index (χ1n) is 12.2. The van der Waals surface area contributed by atoms with Crippen molar-refractivity contribution in [2.75, 3.05) is 38.8 Å². The van der Waals surface area contributed by atoms with Gasteiger partial charge in [0.15, 0.2) is 11.6 Å². The second-order valence-corrected chi connectivity index (χ2v) is 8.61. The van der Waals surface area contributed by atoms with Crippen molar-refractivity contribution in [1.82, 2.24) is 14.9 Å². The number of para-hydroxylation sites is 1. The fourth-order valence-corrected chi connectivity index (χ4v) is 4.49. The molecule has 0 spiro atoms. The number of hydrogen-bond acceptors (Lipinski definition) is 7. The molecule has 3 aromatic rings. The van der Waals surface area contributed by atoms with Gasteiger partial charge in [-0.05, 0) is 24.6 Å². The number of methoxy groups -OCH3 is 1. The van der Waals surface area contributed by atoms with Gasteiger partial charge in [-0.2, -0.15) is 0 Å².